The van der Waals surface area contributed by atoms with Gasteiger partial charge in [-0.05, 0) is 55.2 Å². The van der Waals surface area contributed by atoms with Gasteiger partial charge in [-0.1, -0.05) is 24.3 Å². The highest BCUT2D eigenvalue weighted by atomic mass is 16.5. The number of hydrogen-bond donors (Lipinski definition) is 1. The molecule has 8 nitrogen and oxygen atoms in total. The fourth-order valence-corrected chi connectivity index (χ4v) is 5.65. The van der Waals surface area contributed by atoms with Gasteiger partial charge in [-0.3, -0.25) is 14.4 Å². The van der Waals surface area contributed by atoms with Gasteiger partial charge in [-0.15, -0.1) is 0 Å². The monoisotopic (exact) mass is 524 g/mol. The summed E-state index contributed by atoms with van der Waals surface area (Å²) in [6.45, 7) is 7.61. The van der Waals surface area contributed by atoms with Gasteiger partial charge >= 0.3 is 0 Å². The summed E-state index contributed by atoms with van der Waals surface area (Å²) in [5, 5.41) is 8.87. The number of nitrogens with one attached hydrogen (secondary N) is 1. The van der Waals surface area contributed by atoms with Crippen LogP contribution in [0.25, 0.3) is 22.2 Å². The second-order valence-corrected chi connectivity index (χ2v) is 10.8. The predicted octanol–water partition coefficient (Wildman–Crippen LogP) is 4.13. The van der Waals surface area contributed by atoms with E-state index in [1.54, 1.807) is 11.8 Å². The molecule has 1 saturated carbocycles. The number of aryl methyl sites for hydroxylation is 2. The molecule has 1 saturated heterocycles. The Bertz CT molecular complexity index is 1500. The zero-order valence-electron chi connectivity index (χ0n) is 23.0. The lowest BCUT2D eigenvalue weighted by molar-refractivity contribution is 0.0930. The Labute approximate surface area is 229 Å². The third-order valence-corrected chi connectivity index (χ3v) is 8.15. The number of nitrogens with zero attached hydrogens (tertiary/aromatic N) is 5. The van der Waals surface area contributed by atoms with Crippen molar-refractivity contribution in [3.8, 4) is 11.3 Å². The first kappa shape index (κ1) is 25.5. The Morgan fingerprint density at radius 1 is 1.08 bits per heavy atom. The molecule has 4 aromatic rings. The molecular formula is C31H36N6O2. The Morgan fingerprint density at radius 2 is 1.87 bits per heavy atom. The van der Waals surface area contributed by atoms with E-state index >= 15 is 0 Å². The molecule has 2 aliphatic rings. The summed E-state index contributed by atoms with van der Waals surface area (Å²) in [5.74, 6) is -0.0191. The number of benzene rings is 2. The molecule has 0 spiro atoms. The smallest absolute Gasteiger partial charge is 0.252 e. The lowest BCUT2D eigenvalue weighted by atomic mass is 9.96. The van der Waals surface area contributed by atoms with Gasteiger partial charge in [0.25, 0.3) is 5.91 Å². The van der Waals surface area contributed by atoms with Crippen molar-refractivity contribution in [3.63, 3.8) is 0 Å². The van der Waals surface area contributed by atoms with Gasteiger partial charge in [0.1, 0.15) is 0 Å². The zero-order chi connectivity index (χ0) is 27.0. The molecule has 0 atom stereocenters. The van der Waals surface area contributed by atoms with Gasteiger partial charge in [0.15, 0.2) is 0 Å². The number of ether oxygens (including phenoxy) is 1. The summed E-state index contributed by atoms with van der Waals surface area (Å²) < 4.78 is 7.02. The molecule has 202 valence electrons. The maximum atomic E-state index is 13.8. The van der Waals surface area contributed by atoms with Crippen molar-refractivity contribution in [3.05, 3.63) is 77.6 Å². The molecular weight excluding hydrogens is 488 g/mol. The predicted molar refractivity (Wildman–Crippen MR) is 154 cm³/mol. The van der Waals surface area contributed by atoms with Gasteiger partial charge in [-0.2, -0.15) is 5.10 Å². The topological polar surface area (TPSA) is 75.5 Å². The minimum absolute atomic E-state index is 0.0191. The average molecular weight is 525 g/mol. The molecule has 2 fully saturated rings. The van der Waals surface area contributed by atoms with Gasteiger partial charge in [0, 0.05) is 75.3 Å². The Balaban J connectivity index is 1.26. The molecule has 0 bridgehead atoms. The molecule has 1 N–H and O–H groups in total. The van der Waals surface area contributed by atoms with E-state index < -0.39 is 5.54 Å². The number of fused-ring (bicyclic) bond motifs is 1. The lowest BCUT2D eigenvalue weighted by Gasteiger charge is -2.36. The first-order valence-corrected chi connectivity index (χ1v) is 13.7. The van der Waals surface area contributed by atoms with Crippen LogP contribution in [0.1, 0.15) is 34.3 Å². The molecule has 39 heavy (non-hydrogen) atoms. The molecule has 8 heteroatoms. The molecule has 6 rings (SSSR count). The maximum absolute atomic E-state index is 13.8. The van der Waals surface area contributed by atoms with Crippen LogP contribution in [0.2, 0.25) is 0 Å². The van der Waals surface area contributed by atoms with Gasteiger partial charge in [0.05, 0.1) is 29.6 Å². The highest BCUT2D eigenvalue weighted by Crippen LogP contribution is 2.49. The minimum Gasteiger partial charge on any atom is -0.383 e. The largest absolute Gasteiger partial charge is 0.383 e. The van der Waals surface area contributed by atoms with E-state index in [0.29, 0.717) is 0 Å². The Kier molecular flexibility index (Phi) is 6.83. The van der Waals surface area contributed by atoms with Crippen molar-refractivity contribution in [1.29, 1.82) is 0 Å². The molecule has 0 radical (unpaired) electrons. The van der Waals surface area contributed by atoms with Crippen LogP contribution in [0.5, 0.6) is 0 Å². The number of rotatable bonds is 8. The van der Waals surface area contributed by atoms with E-state index in [0.717, 1.165) is 96.7 Å². The van der Waals surface area contributed by atoms with Crippen molar-refractivity contribution in [2.24, 2.45) is 7.05 Å². The first-order valence-electron chi connectivity index (χ1n) is 13.7. The molecule has 1 aliphatic heterocycles. The fourth-order valence-electron chi connectivity index (χ4n) is 5.65. The van der Waals surface area contributed by atoms with E-state index in [-0.39, 0.29) is 5.91 Å². The maximum Gasteiger partial charge on any atom is 0.252 e. The zero-order valence-corrected chi connectivity index (χ0v) is 23.0. The third-order valence-electron chi connectivity index (χ3n) is 8.15. The molecule has 3 heterocycles. The number of piperazine rings is 1. The number of amides is 1. The van der Waals surface area contributed by atoms with Crippen LogP contribution in [0.3, 0.4) is 0 Å². The Morgan fingerprint density at radius 3 is 2.59 bits per heavy atom. The first-order chi connectivity index (χ1) is 19.0. The fraction of sp³-hybridized carbons (Fsp3) is 0.387. The van der Waals surface area contributed by atoms with Crippen LogP contribution in [-0.2, 0) is 17.3 Å². The molecule has 2 aromatic carbocycles. The van der Waals surface area contributed by atoms with Crippen molar-refractivity contribution in [1.82, 2.24) is 25.0 Å². The number of carbonyl (C=O) groups is 1. The number of hydrogen-bond acceptors (Lipinski definition) is 6. The quantitative estimate of drug-likeness (QED) is 0.374. The molecule has 2 aromatic heterocycles. The van der Waals surface area contributed by atoms with Crippen LogP contribution >= 0.6 is 0 Å². The van der Waals surface area contributed by atoms with Crippen molar-refractivity contribution in [2.75, 3.05) is 51.3 Å². The summed E-state index contributed by atoms with van der Waals surface area (Å²) >= 11 is 0. The number of aromatic nitrogens is 3. The average Bonchev–Trinajstić information content (AvgIpc) is 3.61. The van der Waals surface area contributed by atoms with E-state index in [4.69, 9.17) is 9.72 Å². The van der Waals surface area contributed by atoms with E-state index in [9.17, 15) is 4.79 Å². The number of para-hydroxylation sites is 1. The third kappa shape index (κ3) is 5.14. The van der Waals surface area contributed by atoms with Crippen LogP contribution in [0.4, 0.5) is 5.69 Å². The van der Waals surface area contributed by atoms with Crippen LogP contribution in [0, 0.1) is 6.92 Å². The van der Waals surface area contributed by atoms with E-state index in [1.807, 2.05) is 44.6 Å². The molecule has 0 unspecified atom stereocenters. The lowest BCUT2D eigenvalue weighted by Crippen LogP contribution is -2.47. The second-order valence-electron chi connectivity index (χ2n) is 10.8. The second kappa shape index (κ2) is 10.4. The van der Waals surface area contributed by atoms with Crippen molar-refractivity contribution in [2.45, 2.75) is 25.3 Å². The minimum atomic E-state index is -0.397. The van der Waals surface area contributed by atoms with Gasteiger partial charge in [-0.25, -0.2) is 4.98 Å². The van der Waals surface area contributed by atoms with Gasteiger partial charge < -0.3 is 15.0 Å². The SMILES string of the molecule is COCCN1CCN(c2ccc(C)c(C(=O)NC3(c4cc(-c5cnn(C)c5)nc5ccccc45)CC3)c2)CC1. The van der Waals surface area contributed by atoms with Crippen LogP contribution < -0.4 is 10.2 Å². The van der Waals surface area contributed by atoms with E-state index in [2.05, 4.69) is 50.5 Å². The van der Waals surface area contributed by atoms with Gasteiger partial charge in [0.2, 0.25) is 0 Å². The van der Waals surface area contributed by atoms with Crippen LogP contribution in [0.15, 0.2) is 60.9 Å². The standard InChI is InChI=1S/C31H36N6O2/c1-22-8-9-24(37-14-12-36(13-15-37)16-17-39-3)18-26(22)30(38)34-31(10-11-31)27-19-29(23-20-32-35(2)21-23)33-28-7-5-4-6-25(27)28/h4-9,18-21H,10-17H2,1-3H3,(H,34,38). The number of pyridine rings is 1. The number of anilines is 1. The van der Waals surface area contributed by atoms with Crippen LogP contribution in [-0.4, -0.2) is 72.0 Å². The number of methoxy groups -OCH3 is 1. The summed E-state index contributed by atoms with van der Waals surface area (Å²) in [4.78, 5) is 23.5. The van der Waals surface area contributed by atoms with E-state index in [1.165, 1.54) is 0 Å². The van der Waals surface area contributed by atoms with Crippen molar-refractivity contribution >= 4 is 22.5 Å². The summed E-state index contributed by atoms with van der Waals surface area (Å²) in [5.41, 5.74) is 6.34. The Hall–Kier alpha value is -3.75. The summed E-state index contributed by atoms with van der Waals surface area (Å²) in [6.07, 6.45) is 5.62. The summed E-state index contributed by atoms with van der Waals surface area (Å²) in [6, 6.07) is 16.6. The highest BCUT2D eigenvalue weighted by molar-refractivity contribution is 5.98. The highest BCUT2D eigenvalue weighted by Gasteiger charge is 2.47. The van der Waals surface area contributed by atoms with Crippen molar-refractivity contribution < 1.29 is 9.53 Å². The molecule has 1 aliphatic carbocycles. The normalized spacial score (nSPS) is 16.9. The molecule has 1 amide bonds. The summed E-state index contributed by atoms with van der Waals surface area (Å²) in [7, 11) is 3.66. The number of carbonyl (C=O) groups excluding carboxylic acids is 1.